The molecule has 88 heavy (non-hydrogen) atoms. The van der Waals surface area contributed by atoms with Crippen LogP contribution in [0.5, 0.6) is 0 Å². The highest BCUT2D eigenvalue weighted by Gasteiger charge is 2.83. The number of alkyl halides is 5. The molecule has 2 saturated heterocycles. The largest absolute Gasteiger partial charge is 0.462 e. The maximum atomic E-state index is 14.0. The first-order valence-corrected chi connectivity index (χ1v) is 32.1. The van der Waals surface area contributed by atoms with Crippen molar-refractivity contribution >= 4 is 29.8 Å². The minimum atomic E-state index is -5.74. The van der Waals surface area contributed by atoms with Gasteiger partial charge in [-0.2, -0.15) is 22.0 Å². The number of carbonyl (C=O) groups excluding carboxylic acids is 5. The summed E-state index contributed by atoms with van der Waals surface area (Å²) in [6.45, 7) is 37.3. The number of hydrogen-bond acceptors (Lipinski definition) is 16. The summed E-state index contributed by atoms with van der Waals surface area (Å²) in [5, 5.41) is 41.5. The van der Waals surface area contributed by atoms with Crippen molar-refractivity contribution in [1.29, 1.82) is 0 Å². The van der Waals surface area contributed by atoms with Gasteiger partial charge in [-0.25, -0.2) is 0 Å². The standard InChI is InChI=1S/C23H40O4.C22H38O4.C12H17F5O4.C10H16O4/c1-8-19(2,3)18(24)27-23-12-16-9-17(13-23)11-22(10-16,14-23)21(6,7)26-15-20(4,5)25;1-8-17(2,3)16(23)26-22-11-15-9-20(13-22,18(4,5)24)12-21(10-15,14-22)19(6,7)25;1-5-8(2,3)7(18)21-9(4)6-20-11(19,10(9,13)14)12(15,16)17;1-4-10(2,3)9(12)14-7-5-8(11)13-6-7/h16-17,25H,8-15H2,1-7H3;15,24-25H,8-14H2,1-7H3;19H,5-6H2,1-4H3;7H,4-6H2,1-3H3. The van der Waals surface area contributed by atoms with Gasteiger partial charge in [0.25, 0.3) is 0 Å². The number of ether oxygens (including phenoxy) is 7. The van der Waals surface area contributed by atoms with E-state index in [0.29, 0.717) is 50.5 Å². The van der Waals surface area contributed by atoms with E-state index >= 15 is 0 Å². The third kappa shape index (κ3) is 15.0. The number of aliphatic hydroxyl groups is 4. The Hall–Kier alpha value is -3.24. The van der Waals surface area contributed by atoms with Crippen LogP contribution in [0, 0.1) is 55.7 Å². The molecule has 7 unspecified atom stereocenters. The van der Waals surface area contributed by atoms with E-state index in [9.17, 15) is 66.4 Å². The third-order valence-electron chi connectivity index (χ3n) is 22.5. The lowest BCUT2D eigenvalue weighted by atomic mass is 9.37. The Morgan fingerprint density at radius 1 is 0.557 bits per heavy atom. The van der Waals surface area contributed by atoms with E-state index in [2.05, 4.69) is 30.2 Å². The summed E-state index contributed by atoms with van der Waals surface area (Å²) < 4.78 is 103. The first kappa shape index (κ1) is 75.5. The first-order valence-electron chi connectivity index (χ1n) is 32.1. The van der Waals surface area contributed by atoms with Gasteiger partial charge < -0.3 is 53.6 Å². The zero-order chi connectivity index (χ0) is 67.8. The van der Waals surface area contributed by atoms with Crippen molar-refractivity contribution in [2.45, 2.75) is 318 Å². The van der Waals surface area contributed by atoms with Crippen molar-refractivity contribution < 1.29 is 99.5 Å². The van der Waals surface area contributed by atoms with Crippen molar-refractivity contribution in [1.82, 2.24) is 0 Å². The predicted molar refractivity (Wildman–Crippen MR) is 318 cm³/mol. The second-order valence-electron chi connectivity index (χ2n) is 33.2. The number of rotatable bonds is 18. The molecule has 10 rings (SSSR count). The average molecular weight is 1270 g/mol. The summed E-state index contributed by atoms with van der Waals surface area (Å²) in [5.74, 6) is -9.74. The van der Waals surface area contributed by atoms with Crippen LogP contribution < -0.4 is 0 Å². The van der Waals surface area contributed by atoms with Crippen molar-refractivity contribution in [3.63, 3.8) is 0 Å². The Kier molecular flexibility index (Phi) is 21.1. The van der Waals surface area contributed by atoms with Crippen LogP contribution in [0.4, 0.5) is 22.0 Å². The van der Waals surface area contributed by atoms with Crippen LogP contribution in [0.1, 0.15) is 255 Å². The molecule has 0 aromatic heterocycles. The minimum Gasteiger partial charge on any atom is -0.462 e. The van der Waals surface area contributed by atoms with Crippen LogP contribution in [-0.2, 0) is 57.1 Å². The number of halogens is 5. The highest BCUT2D eigenvalue weighted by atomic mass is 19.4. The summed E-state index contributed by atoms with van der Waals surface area (Å²) in [5.41, 5.74) is -9.84. The molecule has 8 bridgehead atoms. The lowest BCUT2D eigenvalue weighted by molar-refractivity contribution is -0.409. The normalized spacial score (nSPS) is 34.3. The molecule has 8 saturated carbocycles. The number of esters is 5. The van der Waals surface area contributed by atoms with Gasteiger partial charge in [-0.15, -0.1) is 0 Å². The molecular weight excluding hydrogens is 1160 g/mol. The lowest BCUT2D eigenvalue weighted by Gasteiger charge is -2.70. The SMILES string of the molecule is CCC(C)(C)C(=O)OC1(C)COC(O)(C(F)(F)F)C1(F)F.CCC(C)(C)C(=O)OC12CC3CC(C(C)(C)O)(C1)CC(C(C)(C)O)(C3)C2.CCC(C)(C)C(=O)OC12CC3CC(C1)CC(C(C)(C)OCC(C)(C)O)(C3)C2.CCC(C)(C)C(=O)OC1COC(=O)C1. The highest BCUT2D eigenvalue weighted by Crippen LogP contribution is 2.73. The molecule has 0 aromatic rings. The average Bonchev–Trinajstić information content (AvgIpc) is 0.912. The summed E-state index contributed by atoms with van der Waals surface area (Å²) in [6, 6.07) is 0. The van der Waals surface area contributed by atoms with Crippen LogP contribution in [0.3, 0.4) is 0 Å². The van der Waals surface area contributed by atoms with E-state index < -0.39 is 80.1 Å². The van der Waals surface area contributed by atoms with Crippen LogP contribution >= 0.6 is 0 Å². The van der Waals surface area contributed by atoms with E-state index in [1.807, 2.05) is 83.1 Å². The first-order chi connectivity index (χ1) is 39.4. The summed E-state index contributed by atoms with van der Waals surface area (Å²) in [7, 11) is 0. The topological polar surface area (TPSA) is 231 Å². The molecule has 10 aliphatic rings. The highest BCUT2D eigenvalue weighted by molar-refractivity contribution is 5.78. The number of hydrogen-bond donors (Lipinski definition) is 4. The minimum absolute atomic E-state index is 0.0268. The molecule has 2 heterocycles. The molecule has 0 aromatic carbocycles. The van der Waals surface area contributed by atoms with Gasteiger partial charge in [-0.3, -0.25) is 24.0 Å². The van der Waals surface area contributed by atoms with Crippen LogP contribution in [-0.4, -0.2) is 133 Å². The maximum Gasteiger partial charge on any atom is 0.449 e. The van der Waals surface area contributed by atoms with E-state index in [0.717, 1.165) is 70.6 Å². The Balaban J connectivity index is 0.000000219. The van der Waals surface area contributed by atoms with Crippen molar-refractivity contribution in [3.8, 4) is 0 Å². The van der Waals surface area contributed by atoms with Gasteiger partial charge in [-0.05, 0) is 238 Å². The quantitative estimate of drug-likeness (QED) is 0.0568. The number of carbonyl (C=O) groups is 5. The molecule has 8 aliphatic carbocycles. The molecule has 4 N–H and O–H groups in total. The third-order valence-corrected chi connectivity index (χ3v) is 22.5. The molecular formula is C67H111F5O16. The zero-order valence-corrected chi connectivity index (χ0v) is 57.0. The fourth-order valence-corrected chi connectivity index (χ4v) is 14.9. The Morgan fingerprint density at radius 2 is 0.943 bits per heavy atom. The molecule has 0 amide bonds. The fourth-order valence-electron chi connectivity index (χ4n) is 14.9. The summed E-state index contributed by atoms with van der Waals surface area (Å²) >= 11 is 0. The molecule has 2 aliphatic heterocycles. The molecule has 10 fully saturated rings. The van der Waals surface area contributed by atoms with Gasteiger partial charge in [0.2, 0.25) is 5.60 Å². The van der Waals surface area contributed by atoms with Gasteiger partial charge in [0.15, 0.2) is 0 Å². The molecule has 21 heteroatoms. The Bertz CT molecular complexity index is 2490. The summed E-state index contributed by atoms with van der Waals surface area (Å²) in [6.07, 6.45) is 8.05. The number of cyclic esters (lactones) is 1. The lowest BCUT2D eigenvalue weighted by Crippen LogP contribution is -2.70. The molecule has 7 atom stereocenters. The van der Waals surface area contributed by atoms with Crippen molar-refractivity contribution in [2.75, 3.05) is 19.8 Å². The monoisotopic (exact) mass is 1270 g/mol. The van der Waals surface area contributed by atoms with Gasteiger partial charge in [0.1, 0.15) is 23.9 Å². The maximum absolute atomic E-state index is 14.0. The van der Waals surface area contributed by atoms with Crippen LogP contribution in [0.25, 0.3) is 0 Å². The van der Waals surface area contributed by atoms with E-state index in [4.69, 9.17) is 23.7 Å². The molecule has 510 valence electrons. The van der Waals surface area contributed by atoms with Crippen molar-refractivity contribution in [3.05, 3.63) is 0 Å². The van der Waals surface area contributed by atoms with E-state index in [-0.39, 0.29) is 76.9 Å². The van der Waals surface area contributed by atoms with Gasteiger partial charge in [0.05, 0.1) is 63.7 Å². The molecule has 16 nitrogen and oxygen atoms in total. The van der Waals surface area contributed by atoms with Gasteiger partial charge in [0, 0.05) is 16.2 Å². The van der Waals surface area contributed by atoms with E-state index in [1.165, 1.54) is 20.3 Å². The molecule has 0 spiro atoms. The predicted octanol–water partition coefficient (Wildman–Crippen LogP) is 13.0. The van der Waals surface area contributed by atoms with Crippen molar-refractivity contribution in [2.24, 2.45) is 55.7 Å². The fraction of sp³-hybridized carbons (Fsp3) is 0.925. The van der Waals surface area contributed by atoms with Crippen LogP contribution in [0.15, 0.2) is 0 Å². The smallest absolute Gasteiger partial charge is 0.449 e. The van der Waals surface area contributed by atoms with Gasteiger partial charge >= 0.3 is 47.7 Å². The Morgan fingerprint density at radius 3 is 1.32 bits per heavy atom. The molecule has 0 radical (unpaired) electrons. The van der Waals surface area contributed by atoms with Gasteiger partial charge in [-0.1, -0.05) is 27.7 Å². The van der Waals surface area contributed by atoms with E-state index in [1.54, 1.807) is 20.8 Å². The second kappa shape index (κ2) is 24.6. The zero-order valence-electron chi connectivity index (χ0n) is 57.0. The summed E-state index contributed by atoms with van der Waals surface area (Å²) in [4.78, 5) is 60.0. The second-order valence-corrected chi connectivity index (χ2v) is 33.2. The van der Waals surface area contributed by atoms with Crippen LogP contribution in [0.2, 0.25) is 0 Å². The Labute approximate surface area is 520 Å².